The Balaban J connectivity index is 1.83. The van der Waals surface area contributed by atoms with Crippen LogP contribution in [0.3, 0.4) is 0 Å². The predicted molar refractivity (Wildman–Crippen MR) is 103 cm³/mol. The number of allylic oxidation sites excluding steroid dienone is 2. The van der Waals surface area contributed by atoms with E-state index in [2.05, 4.69) is 22.9 Å². The first kappa shape index (κ1) is 15.6. The van der Waals surface area contributed by atoms with Crippen LogP contribution < -0.4 is 5.32 Å². The zero-order valence-electron chi connectivity index (χ0n) is 14.3. The normalized spacial score (nSPS) is 24.6. The second-order valence-corrected chi connectivity index (χ2v) is 7.54. The summed E-state index contributed by atoms with van der Waals surface area (Å²) in [5, 5.41) is 4.09. The van der Waals surface area contributed by atoms with Crippen LogP contribution in [0, 0.1) is 11.8 Å². The molecule has 0 saturated carbocycles. The van der Waals surface area contributed by atoms with Gasteiger partial charge in [-0.2, -0.15) is 0 Å². The number of halogens is 1. The molecule has 1 aliphatic heterocycles. The number of carbonyl (C=O) groups excluding carboxylic acids is 1. The predicted octanol–water partition coefficient (Wildman–Crippen LogP) is 4.81. The van der Waals surface area contributed by atoms with Crippen LogP contribution in [0.25, 0.3) is 11.0 Å². The number of benzene rings is 2. The Morgan fingerprint density at radius 2 is 1.92 bits per heavy atom. The third kappa shape index (κ3) is 2.22. The number of rotatable bonds is 1. The average molecular weight is 364 g/mol. The van der Waals surface area contributed by atoms with Gasteiger partial charge in [0.25, 0.3) is 0 Å². The Morgan fingerprint density at radius 3 is 2.77 bits per heavy atom. The summed E-state index contributed by atoms with van der Waals surface area (Å²) in [7, 11) is 0. The summed E-state index contributed by atoms with van der Waals surface area (Å²) in [6, 6.07) is 15.6. The Morgan fingerprint density at radius 1 is 1.15 bits per heavy atom. The number of hydrogen-bond donors (Lipinski definition) is 1. The molecule has 26 heavy (non-hydrogen) atoms. The van der Waals surface area contributed by atoms with Crippen molar-refractivity contribution in [2.75, 3.05) is 5.32 Å². The fourth-order valence-electron chi connectivity index (χ4n) is 4.28. The van der Waals surface area contributed by atoms with E-state index in [1.165, 1.54) is 0 Å². The van der Waals surface area contributed by atoms with Crippen molar-refractivity contribution in [2.45, 2.75) is 19.4 Å². The molecular weight excluding hydrogens is 346 g/mol. The largest absolute Gasteiger partial charge is 0.329 e. The van der Waals surface area contributed by atoms with E-state index in [9.17, 15) is 4.79 Å². The Bertz CT molecular complexity index is 1070. The summed E-state index contributed by atoms with van der Waals surface area (Å²) >= 11 is 6.56. The minimum atomic E-state index is -0.267. The fraction of sp³-hybridized carbons (Fsp3) is 0.238. The SMILES string of the molecule is C[C@H]1C=C2Nc3nc4ccccc4n3[C@@H](c3ccccc3Cl)[C@@H]2C(=O)C1. The van der Waals surface area contributed by atoms with Crippen LogP contribution in [0.5, 0.6) is 0 Å². The van der Waals surface area contributed by atoms with E-state index < -0.39 is 0 Å². The molecule has 1 aromatic heterocycles. The zero-order chi connectivity index (χ0) is 17.8. The van der Waals surface area contributed by atoms with Crippen LogP contribution in [0.15, 0.2) is 60.3 Å². The summed E-state index contributed by atoms with van der Waals surface area (Å²) in [6.45, 7) is 2.07. The van der Waals surface area contributed by atoms with Crippen molar-refractivity contribution >= 4 is 34.4 Å². The molecule has 0 saturated heterocycles. The first-order chi connectivity index (χ1) is 12.6. The molecule has 3 atom stereocenters. The molecule has 0 amide bonds. The quantitative estimate of drug-likeness (QED) is 0.674. The van der Waals surface area contributed by atoms with Crippen molar-refractivity contribution in [3.63, 3.8) is 0 Å². The number of fused-ring (bicyclic) bond motifs is 4. The van der Waals surface area contributed by atoms with Gasteiger partial charge in [-0.25, -0.2) is 4.98 Å². The van der Waals surface area contributed by atoms with Gasteiger partial charge in [0.15, 0.2) is 0 Å². The molecule has 5 heteroatoms. The van der Waals surface area contributed by atoms with Gasteiger partial charge in [-0.05, 0) is 29.7 Å². The highest BCUT2D eigenvalue weighted by Crippen LogP contribution is 2.46. The summed E-state index contributed by atoms with van der Waals surface area (Å²) < 4.78 is 2.13. The highest BCUT2D eigenvalue weighted by molar-refractivity contribution is 6.31. The number of carbonyl (C=O) groups is 1. The standard InChI is InChI=1S/C21H18ClN3O/c1-12-10-16-19(18(26)11-12)20(13-6-2-3-7-14(13)22)25-17-9-5-4-8-15(17)23-21(25)24-16/h2-10,12,19-20H,11H2,1H3,(H,23,24)/t12-,19-,20-/m0/s1. The van der Waals surface area contributed by atoms with Gasteiger partial charge in [0.1, 0.15) is 5.78 Å². The van der Waals surface area contributed by atoms with Gasteiger partial charge in [-0.15, -0.1) is 0 Å². The smallest absolute Gasteiger partial charge is 0.208 e. The third-order valence-electron chi connectivity index (χ3n) is 5.34. The fourth-order valence-corrected chi connectivity index (χ4v) is 4.53. The van der Waals surface area contributed by atoms with Crippen LogP contribution in [-0.4, -0.2) is 15.3 Å². The molecule has 2 heterocycles. The maximum Gasteiger partial charge on any atom is 0.208 e. The zero-order valence-corrected chi connectivity index (χ0v) is 15.1. The highest BCUT2D eigenvalue weighted by atomic mass is 35.5. The molecule has 1 aliphatic carbocycles. The molecule has 3 aromatic rings. The highest BCUT2D eigenvalue weighted by Gasteiger charge is 2.43. The molecule has 2 aliphatic rings. The van der Waals surface area contributed by atoms with E-state index in [1.807, 2.05) is 48.5 Å². The summed E-state index contributed by atoms with van der Waals surface area (Å²) in [4.78, 5) is 17.8. The lowest BCUT2D eigenvalue weighted by Crippen LogP contribution is -2.39. The Hall–Kier alpha value is -2.59. The van der Waals surface area contributed by atoms with Gasteiger partial charge in [-0.3, -0.25) is 4.79 Å². The number of para-hydroxylation sites is 2. The number of nitrogens with zero attached hydrogens (tertiary/aromatic N) is 2. The topological polar surface area (TPSA) is 46.9 Å². The van der Waals surface area contributed by atoms with Gasteiger partial charge >= 0.3 is 0 Å². The van der Waals surface area contributed by atoms with Crippen molar-refractivity contribution in [2.24, 2.45) is 11.8 Å². The molecule has 0 radical (unpaired) electrons. The van der Waals surface area contributed by atoms with Gasteiger partial charge in [-0.1, -0.05) is 54.9 Å². The Labute approximate surface area is 156 Å². The van der Waals surface area contributed by atoms with Crippen molar-refractivity contribution in [3.8, 4) is 0 Å². The maximum atomic E-state index is 13.0. The van der Waals surface area contributed by atoms with E-state index in [4.69, 9.17) is 16.6 Å². The molecule has 0 fully saturated rings. The number of anilines is 1. The number of imidazole rings is 1. The van der Waals surface area contributed by atoms with Crippen molar-refractivity contribution < 1.29 is 4.79 Å². The van der Waals surface area contributed by atoms with Gasteiger partial charge in [0, 0.05) is 17.1 Å². The van der Waals surface area contributed by atoms with Crippen LogP contribution in [0.4, 0.5) is 5.95 Å². The minimum absolute atomic E-state index is 0.196. The summed E-state index contributed by atoms with van der Waals surface area (Å²) in [6.07, 6.45) is 2.72. The molecule has 4 nitrogen and oxygen atoms in total. The maximum absolute atomic E-state index is 13.0. The number of nitrogens with one attached hydrogen (secondary N) is 1. The lowest BCUT2D eigenvalue weighted by Gasteiger charge is -2.39. The number of ketones is 1. The van der Waals surface area contributed by atoms with E-state index >= 15 is 0 Å². The van der Waals surface area contributed by atoms with Crippen LogP contribution >= 0.6 is 11.6 Å². The first-order valence-corrected chi connectivity index (χ1v) is 9.24. The van der Waals surface area contributed by atoms with Crippen LogP contribution in [-0.2, 0) is 4.79 Å². The van der Waals surface area contributed by atoms with E-state index in [-0.39, 0.29) is 23.7 Å². The first-order valence-electron chi connectivity index (χ1n) is 8.86. The number of aromatic nitrogens is 2. The van der Waals surface area contributed by atoms with E-state index in [0.29, 0.717) is 11.4 Å². The number of Topliss-reactive ketones (excluding diaryl/α,β-unsaturated/α-hetero) is 1. The molecule has 5 rings (SSSR count). The molecule has 0 bridgehead atoms. The van der Waals surface area contributed by atoms with Gasteiger partial charge in [0.05, 0.1) is 23.0 Å². The molecule has 130 valence electrons. The molecule has 0 unspecified atom stereocenters. The summed E-state index contributed by atoms with van der Waals surface area (Å²) in [5.41, 5.74) is 3.82. The van der Waals surface area contributed by atoms with Crippen molar-refractivity contribution in [1.29, 1.82) is 0 Å². The number of hydrogen-bond acceptors (Lipinski definition) is 3. The second-order valence-electron chi connectivity index (χ2n) is 7.13. The molecule has 1 N–H and O–H groups in total. The van der Waals surface area contributed by atoms with Gasteiger partial charge < -0.3 is 9.88 Å². The summed E-state index contributed by atoms with van der Waals surface area (Å²) in [5.74, 6) is 0.969. The van der Waals surface area contributed by atoms with E-state index in [1.54, 1.807) is 0 Å². The van der Waals surface area contributed by atoms with Crippen molar-refractivity contribution in [1.82, 2.24) is 9.55 Å². The monoisotopic (exact) mass is 363 g/mol. The molecule has 2 aromatic carbocycles. The Kier molecular flexibility index (Phi) is 3.44. The molecular formula is C21H18ClN3O. The van der Waals surface area contributed by atoms with Crippen LogP contribution in [0.1, 0.15) is 24.9 Å². The minimum Gasteiger partial charge on any atom is -0.329 e. The average Bonchev–Trinajstić information content (AvgIpc) is 2.98. The van der Waals surface area contributed by atoms with Crippen LogP contribution in [0.2, 0.25) is 5.02 Å². The van der Waals surface area contributed by atoms with E-state index in [0.717, 1.165) is 28.2 Å². The third-order valence-corrected chi connectivity index (χ3v) is 5.68. The lowest BCUT2D eigenvalue weighted by molar-refractivity contribution is -0.123. The molecule has 0 spiro atoms. The van der Waals surface area contributed by atoms with Gasteiger partial charge in [0.2, 0.25) is 5.95 Å². The lowest BCUT2D eigenvalue weighted by atomic mass is 9.77. The second kappa shape index (κ2) is 5.71. The van der Waals surface area contributed by atoms with Crippen molar-refractivity contribution in [3.05, 3.63) is 70.9 Å².